The van der Waals surface area contributed by atoms with E-state index < -0.39 is 17.3 Å². The van der Waals surface area contributed by atoms with Crippen molar-refractivity contribution < 1.29 is 17.9 Å². The average Bonchev–Trinajstić information content (AvgIpc) is 2.13. The second-order valence-electron chi connectivity index (χ2n) is 3.72. The number of aromatic nitrogens is 2. The topological polar surface area (TPSA) is 58.2 Å². The van der Waals surface area contributed by atoms with Crippen LogP contribution in [0.5, 0.6) is 0 Å². The third-order valence-corrected chi connectivity index (χ3v) is 2.64. The predicted octanol–water partition coefficient (Wildman–Crippen LogP) is 0.624. The lowest BCUT2D eigenvalue weighted by Crippen LogP contribution is -2.53. The van der Waals surface area contributed by atoms with Crippen LogP contribution in [-0.2, 0) is 10.9 Å². The predicted molar refractivity (Wildman–Crippen MR) is 52.9 cm³/mol. The Morgan fingerprint density at radius 3 is 2.71 bits per heavy atom. The van der Waals surface area contributed by atoms with Crippen LogP contribution in [0.15, 0.2) is 11.0 Å². The molecule has 17 heavy (non-hydrogen) atoms. The molecule has 1 N–H and O–H groups in total. The summed E-state index contributed by atoms with van der Waals surface area (Å²) >= 11 is 0. The molecular formula is C9H10F3N3O2. The number of aromatic amines is 1. The SMILES string of the molecule is COC1CN(c2cn[nH]c(=O)c2C(F)(F)F)C1. The maximum absolute atomic E-state index is 12.7. The molecule has 2 heterocycles. The summed E-state index contributed by atoms with van der Waals surface area (Å²) in [5.74, 6) is 0. The van der Waals surface area contributed by atoms with Gasteiger partial charge in [0.2, 0.25) is 0 Å². The van der Waals surface area contributed by atoms with Gasteiger partial charge >= 0.3 is 6.18 Å². The summed E-state index contributed by atoms with van der Waals surface area (Å²) in [5.41, 5.74) is -2.63. The average molecular weight is 249 g/mol. The van der Waals surface area contributed by atoms with Crippen molar-refractivity contribution in [3.05, 3.63) is 22.1 Å². The Labute approximate surface area is 94.2 Å². The minimum atomic E-state index is -4.69. The van der Waals surface area contributed by atoms with Crippen molar-refractivity contribution in [3.63, 3.8) is 0 Å². The summed E-state index contributed by atoms with van der Waals surface area (Å²) in [6.07, 6.45) is -3.78. The molecule has 2 rings (SSSR count). The molecule has 0 aliphatic carbocycles. The highest BCUT2D eigenvalue weighted by Crippen LogP contribution is 2.35. The van der Waals surface area contributed by atoms with Crippen LogP contribution in [0.4, 0.5) is 18.9 Å². The van der Waals surface area contributed by atoms with Gasteiger partial charge in [-0.25, -0.2) is 5.10 Å². The summed E-state index contributed by atoms with van der Waals surface area (Å²) in [5, 5.41) is 5.18. The lowest BCUT2D eigenvalue weighted by Gasteiger charge is -2.40. The molecule has 8 heteroatoms. The van der Waals surface area contributed by atoms with E-state index in [2.05, 4.69) is 5.10 Å². The van der Waals surface area contributed by atoms with Crippen molar-refractivity contribution in [2.45, 2.75) is 12.3 Å². The molecule has 1 saturated heterocycles. The number of alkyl halides is 3. The highest BCUT2D eigenvalue weighted by atomic mass is 19.4. The minimum Gasteiger partial charge on any atom is -0.378 e. The third kappa shape index (κ3) is 2.12. The molecule has 0 atom stereocenters. The first-order valence-electron chi connectivity index (χ1n) is 4.86. The van der Waals surface area contributed by atoms with Gasteiger partial charge in [-0.3, -0.25) is 4.79 Å². The van der Waals surface area contributed by atoms with Crippen LogP contribution in [-0.4, -0.2) is 36.5 Å². The number of ether oxygens (including phenoxy) is 1. The quantitative estimate of drug-likeness (QED) is 0.835. The first-order valence-corrected chi connectivity index (χ1v) is 4.86. The smallest absolute Gasteiger partial charge is 0.378 e. The number of nitrogens with zero attached hydrogens (tertiary/aromatic N) is 2. The fourth-order valence-corrected chi connectivity index (χ4v) is 1.69. The van der Waals surface area contributed by atoms with Crippen LogP contribution in [0.3, 0.4) is 0 Å². The Kier molecular flexibility index (Phi) is 2.82. The highest BCUT2D eigenvalue weighted by Gasteiger charge is 2.41. The summed E-state index contributed by atoms with van der Waals surface area (Å²) in [6, 6.07) is 0. The Hall–Kier alpha value is -1.57. The van der Waals surface area contributed by atoms with Gasteiger partial charge in [-0.05, 0) is 0 Å². The van der Waals surface area contributed by atoms with Crippen LogP contribution >= 0.6 is 0 Å². The van der Waals surface area contributed by atoms with Crippen molar-refractivity contribution >= 4 is 5.69 Å². The maximum atomic E-state index is 12.7. The van der Waals surface area contributed by atoms with E-state index in [9.17, 15) is 18.0 Å². The van der Waals surface area contributed by atoms with E-state index in [1.807, 2.05) is 0 Å². The van der Waals surface area contributed by atoms with E-state index in [1.165, 1.54) is 12.0 Å². The molecule has 94 valence electrons. The second-order valence-corrected chi connectivity index (χ2v) is 3.72. The highest BCUT2D eigenvalue weighted by molar-refractivity contribution is 5.54. The second kappa shape index (κ2) is 4.02. The normalized spacial score (nSPS) is 17.1. The molecule has 0 unspecified atom stereocenters. The van der Waals surface area contributed by atoms with E-state index in [1.54, 1.807) is 5.10 Å². The van der Waals surface area contributed by atoms with Crippen molar-refractivity contribution in [2.75, 3.05) is 25.1 Å². The zero-order valence-electron chi connectivity index (χ0n) is 8.91. The number of anilines is 1. The van der Waals surface area contributed by atoms with E-state index in [0.717, 1.165) is 6.20 Å². The molecule has 1 aliphatic rings. The van der Waals surface area contributed by atoms with Gasteiger partial charge in [-0.15, -0.1) is 0 Å². The number of hydrogen-bond acceptors (Lipinski definition) is 4. The fourth-order valence-electron chi connectivity index (χ4n) is 1.69. The monoisotopic (exact) mass is 249 g/mol. The van der Waals surface area contributed by atoms with E-state index in [4.69, 9.17) is 4.74 Å². The minimum absolute atomic E-state index is 0.102. The van der Waals surface area contributed by atoms with Crippen LogP contribution in [0.25, 0.3) is 0 Å². The van der Waals surface area contributed by atoms with Gasteiger partial charge in [0.15, 0.2) is 0 Å². The van der Waals surface area contributed by atoms with Gasteiger partial charge in [0, 0.05) is 20.2 Å². The number of rotatable bonds is 2. The van der Waals surface area contributed by atoms with Crippen LogP contribution in [0.2, 0.25) is 0 Å². The summed E-state index contributed by atoms with van der Waals surface area (Å²) in [7, 11) is 1.49. The number of hydrogen-bond donors (Lipinski definition) is 1. The zero-order chi connectivity index (χ0) is 12.6. The molecule has 0 radical (unpaired) electrons. The van der Waals surface area contributed by atoms with Crippen molar-refractivity contribution in [1.82, 2.24) is 10.2 Å². The van der Waals surface area contributed by atoms with Gasteiger partial charge in [0.25, 0.3) is 5.56 Å². The molecule has 5 nitrogen and oxygen atoms in total. The van der Waals surface area contributed by atoms with Crippen LogP contribution < -0.4 is 10.5 Å². The molecule has 1 aromatic rings. The Bertz CT molecular complexity index is 465. The summed E-state index contributed by atoms with van der Waals surface area (Å²) < 4.78 is 43.1. The molecular weight excluding hydrogens is 239 g/mol. The zero-order valence-corrected chi connectivity index (χ0v) is 8.91. The van der Waals surface area contributed by atoms with Gasteiger partial charge < -0.3 is 9.64 Å². The maximum Gasteiger partial charge on any atom is 0.423 e. The Morgan fingerprint density at radius 1 is 1.53 bits per heavy atom. The van der Waals surface area contributed by atoms with E-state index >= 15 is 0 Å². The fraction of sp³-hybridized carbons (Fsp3) is 0.556. The van der Waals surface area contributed by atoms with Gasteiger partial charge in [-0.2, -0.15) is 18.3 Å². The molecule has 0 bridgehead atoms. The molecule has 0 spiro atoms. The van der Waals surface area contributed by atoms with Gasteiger partial charge in [0.05, 0.1) is 18.0 Å². The lowest BCUT2D eigenvalue weighted by atomic mass is 10.1. The first kappa shape index (κ1) is 11.9. The van der Waals surface area contributed by atoms with Crippen LogP contribution in [0.1, 0.15) is 5.56 Å². The van der Waals surface area contributed by atoms with Crippen LogP contribution in [0, 0.1) is 0 Å². The van der Waals surface area contributed by atoms with Crippen molar-refractivity contribution in [3.8, 4) is 0 Å². The molecule has 1 fully saturated rings. The molecule has 0 aromatic carbocycles. The summed E-state index contributed by atoms with van der Waals surface area (Å²) in [4.78, 5) is 12.6. The van der Waals surface area contributed by atoms with E-state index in [-0.39, 0.29) is 11.8 Å². The Morgan fingerprint density at radius 2 is 2.18 bits per heavy atom. The number of halogens is 3. The molecule has 0 saturated carbocycles. The standard InChI is InChI=1S/C9H10F3N3O2/c1-17-5-3-15(4-5)6-2-13-14-8(16)7(6)9(10,11)12/h2,5H,3-4H2,1H3,(H,14,16). The Balaban J connectivity index is 2.35. The molecule has 1 aromatic heterocycles. The first-order chi connectivity index (χ1) is 7.93. The number of H-pyrrole nitrogens is 1. The van der Waals surface area contributed by atoms with Crippen molar-refractivity contribution in [2.24, 2.45) is 0 Å². The van der Waals surface area contributed by atoms with Gasteiger partial charge in [-0.1, -0.05) is 0 Å². The molecule has 1 aliphatic heterocycles. The van der Waals surface area contributed by atoms with Crippen molar-refractivity contribution in [1.29, 1.82) is 0 Å². The van der Waals surface area contributed by atoms with Gasteiger partial charge in [0.1, 0.15) is 5.56 Å². The summed E-state index contributed by atoms with van der Waals surface area (Å²) in [6.45, 7) is 0.648. The largest absolute Gasteiger partial charge is 0.423 e. The van der Waals surface area contributed by atoms with E-state index in [0.29, 0.717) is 13.1 Å². The lowest BCUT2D eigenvalue weighted by molar-refractivity contribution is -0.138. The molecule has 0 amide bonds. The number of nitrogens with one attached hydrogen (secondary N) is 1. The third-order valence-electron chi connectivity index (χ3n) is 2.64. The number of methoxy groups -OCH3 is 1.